The van der Waals surface area contributed by atoms with Gasteiger partial charge in [0.25, 0.3) is 0 Å². The first-order chi connectivity index (χ1) is 9.43. The smallest absolute Gasteiger partial charge is 0.0322 e. The second-order valence-electron chi connectivity index (χ2n) is 5.06. The second-order valence-corrected chi connectivity index (χ2v) is 5.06. The van der Waals surface area contributed by atoms with Gasteiger partial charge in [-0.05, 0) is 24.1 Å². The molecular formula is C18H19N. The largest absolute Gasteiger partial charge is 0.310 e. The van der Waals surface area contributed by atoms with E-state index in [2.05, 4.69) is 78.1 Å². The molecule has 2 aromatic carbocycles. The summed E-state index contributed by atoms with van der Waals surface area (Å²) in [4.78, 5) is 0. The van der Waals surface area contributed by atoms with Crippen LogP contribution in [0.2, 0.25) is 0 Å². The summed E-state index contributed by atoms with van der Waals surface area (Å²) in [6, 6.07) is 21.8. The summed E-state index contributed by atoms with van der Waals surface area (Å²) < 4.78 is 0. The molecule has 1 nitrogen and oxygen atoms in total. The molecule has 2 aromatic rings. The molecule has 1 heterocycles. The van der Waals surface area contributed by atoms with Crippen molar-refractivity contribution in [2.75, 3.05) is 6.54 Å². The minimum atomic E-state index is 0.447. The van der Waals surface area contributed by atoms with Crippen molar-refractivity contribution >= 4 is 6.08 Å². The van der Waals surface area contributed by atoms with E-state index in [1.54, 1.807) is 0 Å². The molecule has 19 heavy (non-hydrogen) atoms. The SMILES string of the molecule is C(=CC1NCCC1c1ccccc1)c1ccccc1. The fourth-order valence-corrected chi connectivity index (χ4v) is 2.78. The van der Waals surface area contributed by atoms with E-state index in [9.17, 15) is 0 Å². The topological polar surface area (TPSA) is 12.0 Å². The number of benzene rings is 2. The zero-order valence-corrected chi connectivity index (χ0v) is 11.0. The van der Waals surface area contributed by atoms with Gasteiger partial charge in [-0.3, -0.25) is 0 Å². The molecule has 0 bridgehead atoms. The lowest BCUT2D eigenvalue weighted by Gasteiger charge is -2.16. The Hall–Kier alpha value is -1.86. The van der Waals surface area contributed by atoms with Gasteiger partial charge >= 0.3 is 0 Å². The monoisotopic (exact) mass is 249 g/mol. The van der Waals surface area contributed by atoms with E-state index in [1.165, 1.54) is 17.5 Å². The Balaban J connectivity index is 1.75. The minimum Gasteiger partial charge on any atom is -0.310 e. The third-order valence-electron chi connectivity index (χ3n) is 3.79. The Kier molecular flexibility index (Phi) is 3.75. The molecule has 1 saturated heterocycles. The van der Waals surface area contributed by atoms with Crippen LogP contribution in [0.25, 0.3) is 6.08 Å². The molecule has 1 heteroatoms. The standard InChI is InChI=1S/C18H19N/c1-3-7-15(8-4-1)11-12-18-17(13-14-19-18)16-9-5-2-6-10-16/h1-12,17-19H,13-14H2. The normalized spacial score (nSPS) is 22.9. The van der Waals surface area contributed by atoms with Gasteiger partial charge in [-0.15, -0.1) is 0 Å². The average molecular weight is 249 g/mol. The van der Waals surface area contributed by atoms with E-state index in [0.717, 1.165) is 6.54 Å². The molecule has 1 fully saturated rings. The van der Waals surface area contributed by atoms with Crippen molar-refractivity contribution in [3.8, 4) is 0 Å². The predicted molar refractivity (Wildman–Crippen MR) is 81.1 cm³/mol. The van der Waals surface area contributed by atoms with Crippen molar-refractivity contribution < 1.29 is 0 Å². The lowest BCUT2D eigenvalue weighted by Crippen LogP contribution is -2.23. The first-order valence-electron chi connectivity index (χ1n) is 6.95. The maximum absolute atomic E-state index is 3.59. The number of hydrogen-bond acceptors (Lipinski definition) is 1. The summed E-state index contributed by atoms with van der Waals surface area (Å²) in [7, 11) is 0. The van der Waals surface area contributed by atoms with Crippen LogP contribution in [0.4, 0.5) is 0 Å². The Morgan fingerprint density at radius 2 is 1.58 bits per heavy atom. The highest BCUT2D eigenvalue weighted by molar-refractivity contribution is 5.50. The molecule has 0 aromatic heterocycles. The molecule has 3 rings (SSSR count). The highest BCUT2D eigenvalue weighted by Crippen LogP contribution is 2.28. The fourth-order valence-electron chi connectivity index (χ4n) is 2.78. The molecule has 96 valence electrons. The molecule has 1 aliphatic rings. The van der Waals surface area contributed by atoms with Crippen molar-refractivity contribution in [1.82, 2.24) is 5.32 Å². The van der Waals surface area contributed by atoms with Gasteiger partial charge < -0.3 is 5.32 Å². The summed E-state index contributed by atoms with van der Waals surface area (Å²) in [5.74, 6) is 0.598. The summed E-state index contributed by atoms with van der Waals surface area (Å²) in [6.45, 7) is 1.10. The fraction of sp³-hybridized carbons (Fsp3) is 0.222. The molecular weight excluding hydrogens is 230 g/mol. The van der Waals surface area contributed by atoms with E-state index >= 15 is 0 Å². The van der Waals surface area contributed by atoms with E-state index < -0.39 is 0 Å². The Labute approximate surface area is 115 Å². The van der Waals surface area contributed by atoms with E-state index in [1.807, 2.05) is 0 Å². The Bertz CT molecular complexity index is 530. The molecule has 0 aliphatic carbocycles. The van der Waals surface area contributed by atoms with Gasteiger partial charge in [0.15, 0.2) is 0 Å². The van der Waals surface area contributed by atoms with Gasteiger partial charge in [-0.2, -0.15) is 0 Å². The van der Waals surface area contributed by atoms with Crippen molar-refractivity contribution in [2.45, 2.75) is 18.4 Å². The molecule has 2 atom stereocenters. The third-order valence-corrected chi connectivity index (χ3v) is 3.79. The number of rotatable bonds is 3. The molecule has 1 N–H and O–H groups in total. The van der Waals surface area contributed by atoms with Crippen molar-refractivity contribution in [3.63, 3.8) is 0 Å². The Morgan fingerprint density at radius 3 is 2.32 bits per heavy atom. The predicted octanol–water partition coefficient (Wildman–Crippen LogP) is 3.85. The van der Waals surface area contributed by atoms with Crippen LogP contribution < -0.4 is 5.32 Å². The number of nitrogens with one attached hydrogen (secondary N) is 1. The van der Waals surface area contributed by atoms with E-state index in [-0.39, 0.29) is 0 Å². The van der Waals surface area contributed by atoms with Crippen molar-refractivity contribution in [2.24, 2.45) is 0 Å². The van der Waals surface area contributed by atoms with E-state index in [0.29, 0.717) is 12.0 Å². The van der Waals surface area contributed by atoms with Gasteiger partial charge in [-0.1, -0.05) is 72.8 Å². The van der Waals surface area contributed by atoms with Gasteiger partial charge in [0.1, 0.15) is 0 Å². The lowest BCUT2D eigenvalue weighted by atomic mass is 9.91. The third kappa shape index (κ3) is 2.94. The second kappa shape index (κ2) is 5.85. The highest BCUT2D eigenvalue weighted by atomic mass is 14.9. The first kappa shape index (κ1) is 12.2. The van der Waals surface area contributed by atoms with Crippen LogP contribution in [0.5, 0.6) is 0 Å². The van der Waals surface area contributed by atoms with Crippen LogP contribution >= 0.6 is 0 Å². The van der Waals surface area contributed by atoms with Crippen LogP contribution in [0.1, 0.15) is 23.5 Å². The molecule has 2 unspecified atom stereocenters. The maximum Gasteiger partial charge on any atom is 0.0322 e. The maximum atomic E-state index is 3.59. The van der Waals surface area contributed by atoms with E-state index in [4.69, 9.17) is 0 Å². The zero-order valence-electron chi connectivity index (χ0n) is 11.0. The quantitative estimate of drug-likeness (QED) is 0.871. The van der Waals surface area contributed by atoms with Gasteiger partial charge in [0, 0.05) is 12.0 Å². The average Bonchev–Trinajstić information content (AvgIpc) is 2.95. The summed E-state index contributed by atoms with van der Waals surface area (Å²) in [5.41, 5.74) is 2.71. The van der Waals surface area contributed by atoms with Crippen LogP contribution in [0.15, 0.2) is 66.7 Å². The van der Waals surface area contributed by atoms with Gasteiger partial charge in [-0.25, -0.2) is 0 Å². The first-order valence-corrected chi connectivity index (χ1v) is 6.95. The molecule has 0 radical (unpaired) electrons. The molecule has 0 saturated carbocycles. The van der Waals surface area contributed by atoms with Crippen LogP contribution in [-0.4, -0.2) is 12.6 Å². The van der Waals surface area contributed by atoms with Crippen molar-refractivity contribution in [3.05, 3.63) is 77.9 Å². The van der Waals surface area contributed by atoms with Crippen LogP contribution in [0, 0.1) is 0 Å². The molecule has 1 aliphatic heterocycles. The number of hydrogen-bond donors (Lipinski definition) is 1. The molecule has 0 amide bonds. The van der Waals surface area contributed by atoms with Gasteiger partial charge in [0.2, 0.25) is 0 Å². The lowest BCUT2D eigenvalue weighted by molar-refractivity contribution is 0.650. The van der Waals surface area contributed by atoms with Gasteiger partial charge in [0.05, 0.1) is 0 Å². The highest BCUT2D eigenvalue weighted by Gasteiger charge is 2.25. The zero-order chi connectivity index (χ0) is 12.9. The van der Waals surface area contributed by atoms with Crippen LogP contribution in [-0.2, 0) is 0 Å². The Morgan fingerprint density at radius 1 is 0.895 bits per heavy atom. The summed E-state index contributed by atoms with van der Waals surface area (Å²) >= 11 is 0. The van der Waals surface area contributed by atoms with Crippen LogP contribution in [0.3, 0.4) is 0 Å². The van der Waals surface area contributed by atoms with Crippen molar-refractivity contribution in [1.29, 1.82) is 0 Å². The minimum absolute atomic E-state index is 0.447. The summed E-state index contributed by atoms with van der Waals surface area (Å²) in [5, 5.41) is 3.59. The molecule has 0 spiro atoms. The summed E-state index contributed by atoms with van der Waals surface area (Å²) in [6.07, 6.45) is 5.74.